The fourth-order valence-electron chi connectivity index (χ4n) is 1.21. The number of hydrogen-bond donors (Lipinski definition) is 2. The Morgan fingerprint density at radius 2 is 2.12 bits per heavy atom. The predicted molar refractivity (Wildman–Crippen MR) is 66.2 cm³/mol. The van der Waals surface area contributed by atoms with Crippen LogP contribution in [0.4, 0.5) is 10.5 Å². The lowest BCUT2D eigenvalue weighted by Crippen LogP contribution is -2.44. The Hall–Kier alpha value is -1.95. The third-order valence-corrected chi connectivity index (χ3v) is 2.06. The number of carbonyl (C=O) groups is 1. The van der Waals surface area contributed by atoms with Gasteiger partial charge in [-0.15, -0.1) is 6.42 Å². The van der Waals surface area contributed by atoms with Crippen molar-refractivity contribution in [3.63, 3.8) is 0 Å². The van der Waals surface area contributed by atoms with Crippen LogP contribution >= 0.6 is 0 Å². The SMILES string of the molecule is C#CC(C)(C)NC(=O)Nc1cccc(C)c1. The van der Waals surface area contributed by atoms with Crippen molar-refractivity contribution in [1.29, 1.82) is 0 Å². The van der Waals surface area contributed by atoms with Gasteiger partial charge < -0.3 is 10.6 Å². The molecule has 0 atom stereocenters. The summed E-state index contributed by atoms with van der Waals surface area (Å²) >= 11 is 0. The van der Waals surface area contributed by atoms with Crippen LogP contribution in [-0.4, -0.2) is 11.6 Å². The van der Waals surface area contributed by atoms with E-state index in [9.17, 15) is 4.79 Å². The molecule has 3 nitrogen and oxygen atoms in total. The molecule has 0 bridgehead atoms. The summed E-state index contributed by atoms with van der Waals surface area (Å²) in [7, 11) is 0. The van der Waals surface area contributed by atoms with Gasteiger partial charge in [0.05, 0.1) is 5.54 Å². The summed E-state index contributed by atoms with van der Waals surface area (Å²) in [6, 6.07) is 7.28. The van der Waals surface area contributed by atoms with Gasteiger partial charge in [-0.1, -0.05) is 18.1 Å². The standard InChI is InChI=1S/C13H16N2O/c1-5-13(3,4)15-12(16)14-11-8-6-7-10(2)9-11/h1,6-9H,2-4H3,(H2,14,15,16). The van der Waals surface area contributed by atoms with Crippen molar-refractivity contribution < 1.29 is 4.79 Å². The number of benzene rings is 1. The number of hydrogen-bond acceptors (Lipinski definition) is 1. The van der Waals surface area contributed by atoms with E-state index in [2.05, 4.69) is 16.6 Å². The second-order valence-corrected chi connectivity index (χ2v) is 4.22. The number of urea groups is 1. The molecular formula is C13H16N2O. The Morgan fingerprint density at radius 3 is 2.69 bits per heavy atom. The summed E-state index contributed by atoms with van der Waals surface area (Å²) < 4.78 is 0. The molecule has 0 fully saturated rings. The molecule has 0 aromatic heterocycles. The Morgan fingerprint density at radius 1 is 1.44 bits per heavy atom. The summed E-state index contributed by atoms with van der Waals surface area (Å²) in [6.45, 7) is 5.50. The fraction of sp³-hybridized carbons (Fsp3) is 0.308. The van der Waals surface area contributed by atoms with E-state index in [0.29, 0.717) is 0 Å². The van der Waals surface area contributed by atoms with E-state index in [1.54, 1.807) is 13.8 Å². The van der Waals surface area contributed by atoms with Crippen molar-refractivity contribution in [2.24, 2.45) is 0 Å². The van der Waals surface area contributed by atoms with Crippen molar-refractivity contribution in [1.82, 2.24) is 5.32 Å². The lowest BCUT2D eigenvalue weighted by molar-refractivity contribution is 0.247. The minimum absolute atomic E-state index is 0.298. The van der Waals surface area contributed by atoms with Crippen LogP contribution in [0.3, 0.4) is 0 Å². The van der Waals surface area contributed by atoms with E-state index in [-0.39, 0.29) is 6.03 Å². The van der Waals surface area contributed by atoms with Gasteiger partial charge in [-0.3, -0.25) is 0 Å². The highest BCUT2D eigenvalue weighted by Crippen LogP contribution is 2.09. The quantitative estimate of drug-likeness (QED) is 0.733. The van der Waals surface area contributed by atoms with Crippen LogP contribution in [0.2, 0.25) is 0 Å². The van der Waals surface area contributed by atoms with Crippen LogP contribution in [-0.2, 0) is 0 Å². The van der Waals surface area contributed by atoms with Crippen LogP contribution in [0.15, 0.2) is 24.3 Å². The van der Waals surface area contributed by atoms with Gasteiger partial charge in [0.15, 0.2) is 0 Å². The lowest BCUT2D eigenvalue weighted by Gasteiger charge is -2.19. The van der Waals surface area contributed by atoms with E-state index in [4.69, 9.17) is 6.42 Å². The third-order valence-electron chi connectivity index (χ3n) is 2.06. The minimum Gasteiger partial charge on any atom is -0.322 e. The van der Waals surface area contributed by atoms with Crippen LogP contribution in [0.5, 0.6) is 0 Å². The molecule has 1 aromatic carbocycles. The van der Waals surface area contributed by atoms with E-state index in [1.165, 1.54) is 0 Å². The van der Waals surface area contributed by atoms with Gasteiger partial charge in [-0.25, -0.2) is 4.79 Å². The van der Waals surface area contributed by atoms with Crippen LogP contribution < -0.4 is 10.6 Å². The van der Waals surface area contributed by atoms with Crippen molar-refractivity contribution in [3.8, 4) is 12.3 Å². The van der Waals surface area contributed by atoms with Gasteiger partial charge in [-0.2, -0.15) is 0 Å². The molecule has 0 saturated carbocycles. The Balaban J connectivity index is 2.63. The molecular weight excluding hydrogens is 200 g/mol. The predicted octanol–water partition coefficient (Wildman–Crippen LogP) is 2.53. The first kappa shape index (κ1) is 12.1. The van der Waals surface area contributed by atoms with Gasteiger partial charge in [0, 0.05) is 5.69 Å². The third kappa shape index (κ3) is 3.66. The Bertz CT molecular complexity index is 430. The van der Waals surface area contributed by atoms with Gasteiger partial charge >= 0.3 is 6.03 Å². The molecule has 84 valence electrons. The summed E-state index contributed by atoms with van der Waals surface area (Å²) in [5.41, 5.74) is 1.20. The molecule has 0 radical (unpaired) electrons. The number of carbonyl (C=O) groups excluding carboxylic acids is 1. The maximum atomic E-state index is 11.6. The van der Waals surface area contributed by atoms with Gasteiger partial charge in [0.25, 0.3) is 0 Å². The molecule has 2 amide bonds. The highest BCUT2D eigenvalue weighted by atomic mass is 16.2. The van der Waals surface area contributed by atoms with E-state index < -0.39 is 5.54 Å². The minimum atomic E-state index is -0.645. The molecule has 0 saturated heterocycles. The van der Waals surface area contributed by atoms with E-state index in [0.717, 1.165) is 11.3 Å². The number of anilines is 1. The summed E-state index contributed by atoms with van der Waals surface area (Å²) in [4.78, 5) is 11.6. The molecule has 1 aromatic rings. The first-order valence-corrected chi connectivity index (χ1v) is 5.06. The molecule has 2 N–H and O–H groups in total. The highest BCUT2D eigenvalue weighted by Gasteiger charge is 2.16. The zero-order chi connectivity index (χ0) is 12.2. The first-order chi connectivity index (χ1) is 7.43. The summed E-state index contributed by atoms with van der Waals surface area (Å²) in [5, 5.41) is 5.42. The average Bonchev–Trinajstić information content (AvgIpc) is 2.16. The zero-order valence-corrected chi connectivity index (χ0v) is 9.79. The number of aryl methyl sites for hydroxylation is 1. The number of terminal acetylenes is 1. The van der Waals surface area contributed by atoms with Crippen molar-refractivity contribution in [2.75, 3.05) is 5.32 Å². The Kier molecular flexibility index (Phi) is 3.57. The Labute approximate surface area is 96.2 Å². The molecule has 0 unspecified atom stereocenters. The second-order valence-electron chi connectivity index (χ2n) is 4.22. The van der Waals surface area contributed by atoms with Gasteiger partial charge in [0.2, 0.25) is 0 Å². The van der Waals surface area contributed by atoms with Crippen LogP contribution in [0.1, 0.15) is 19.4 Å². The zero-order valence-electron chi connectivity index (χ0n) is 9.79. The number of rotatable bonds is 2. The average molecular weight is 216 g/mol. The number of nitrogens with one attached hydrogen (secondary N) is 2. The summed E-state index contributed by atoms with van der Waals surface area (Å²) in [5.74, 6) is 2.50. The molecule has 0 aliphatic heterocycles. The maximum Gasteiger partial charge on any atom is 0.320 e. The highest BCUT2D eigenvalue weighted by molar-refractivity contribution is 5.90. The van der Waals surface area contributed by atoms with Crippen LogP contribution in [0.25, 0.3) is 0 Å². The van der Waals surface area contributed by atoms with Crippen molar-refractivity contribution in [3.05, 3.63) is 29.8 Å². The summed E-state index contributed by atoms with van der Waals surface area (Å²) in [6.07, 6.45) is 5.28. The van der Waals surface area contributed by atoms with E-state index >= 15 is 0 Å². The normalized spacial score (nSPS) is 10.4. The fourth-order valence-corrected chi connectivity index (χ4v) is 1.21. The number of amides is 2. The van der Waals surface area contributed by atoms with E-state index in [1.807, 2.05) is 31.2 Å². The van der Waals surface area contributed by atoms with Crippen molar-refractivity contribution in [2.45, 2.75) is 26.3 Å². The van der Waals surface area contributed by atoms with Gasteiger partial charge in [0.1, 0.15) is 0 Å². The first-order valence-electron chi connectivity index (χ1n) is 5.06. The molecule has 0 heterocycles. The maximum absolute atomic E-state index is 11.6. The molecule has 3 heteroatoms. The van der Waals surface area contributed by atoms with Gasteiger partial charge in [-0.05, 0) is 38.5 Å². The topological polar surface area (TPSA) is 41.1 Å². The van der Waals surface area contributed by atoms with Crippen LogP contribution in [0, 0.1) is 19.3 Å². The molecule has 16 heavy (non-hydrogen) atoms. The lowest BCUT2D eigenvalue weighted by atomic mass is 10.1. The molecule has 0 aliphatic rings. The molecule has 1 rings (SSSR count). The van der Waals surface area contributed by atoms with Crippen molar-refractivity contribution >= 4 is 11.7 Å². The largest absolute Gasteiger partial charge is 0.322 e. The monoisotopic (exact) mass is 216 g/mol. The molecule has 0 aliphatic carbocycles. The molecule has 0 spiro atoms. The second kappa shape index (κ2) is 4.71. The smallest absolute Gasteiger partial charge is 0.320 e.